The Hall–Kier alpha value is -5.47. The number of aryl methyl sites for hydroxylation is 2. The van der Waals surface area contributed by atoms with Gasteiger partial charge in [0.2, 0.25) is 23.1 Å². The van der Waals surface area contributed by atoms with Gasteiger partial charge < -0.3 is 58.8 Å². The summed E-state index contributed by atoms with van der Waals surface area (Å²) in [6, 6.07) is 21.7. The molecule has 2 amide bonds. The van der Waals surface area contributed by atoms with Crippen LogP contribution in [0.3, 0.4) is 0 Å². The highest BCUT2D eigenvalue weighted by atomic mass is 35.5. The fourth-order valence-electron chi connectivity index (χ4n) is 7.04. The number of fused-ring (bicyclic) bond motifs is 1. The lowest BCUT2D eigenvalue weighted by atomic mass is 10.0. The smallest absolute Gasteiger partial charge is 0.345 e. The Labute approximate surface area is 534 Å². The summed E-state index contributed by atoms with van der Waals surface area (Å²) in [5.74, 6) is -0.267. The Morgan fingerprint density at radius 1 is 0.965 bits per heavy atom. The van der Waals surface area contributed by atoms with Gasteiger partial charge in [-0.3, -0.25) is 29.8 Å². The number of para-hydroxylation sites is 3. The van der Waals surface area contributed by atoms with Crippen LogP contribution in [0.2, 0.25) is 15.3 Å². The fraction of sp³-hybridized carbons (Fsp3) is 0.436. The number of aliphatic carboxylic acids is 1. The molecule has 31 heteroatoms. The normalized spacial score (nSPS) is 13.2. The monoisotopic (exact) mass is 1360 g/mol. The van der Waals surface area contributed by atoms with E-state index < -0.39 is 42.1 Å². The summed E-state index contributed by atoms with van der Waals surface area (Å²) in [5.41, 5.74) is 3.24. The van der Waals surface area contributed by atoms with Crippen LogP contribution in [0.4, 0.5) is 29.0 Å². The van der Waals surface area contributed by atoms with Crippen LogP contribution in [-0.2, 0) is 45.7 Å². The number of hydrogen-bond donors (Lipinski definition) is 5. The molecule has 0 spiro atoms. The number of rotatable bonds is 18. The minimum Gasteiger partial charge on any atom is -0.778 e. The number of nitrogens with zero attached hydrogens (tertiary/aromatic N) is 6. The molecule has 1 aromatic heterocycles. The van der Waals surface area contributed by atoms with Crippen molar-refractivity contribution in [1.82, 2.24) is 20.3 Å². The second kappa shape index (κ2) is 39.4. The van der Waals surface area contributed by atoms with Gasteiger partial charge in [-0.15, -0.1) is 11.6 Å². The first-order valence-electron chi connectivity index (χ1n) is 25.8. The van der Waals surface area contributed by atoms with Crippen molar-refractivity contribution in [2.45, 2.75) is 84.3 Å². The number of carboxylic acids is 1. The van der Waals surface area contributed by atoms with Crippen LogP contribution < -0.4 is 40.1 Å². The van der Waals surface area contributed by atoms with E-state index in [0.29, 0.717) is 52.5 Å². The van der Waals surface area contributed by atoms with Crippen LogP contribution in [0.15, 0.2) is 78.9 Å². The van der Waals surface area contributed by atoms with E-state index in [1.54, 1.807) is 29.0 Å². The molecule has 5 N–H and O–H groups in total. The standard InChI is InChI=1S/C15H22ClNO2.C14H9Cl2NO5.C11H11Cl2NO2.C9H16ClN5.C3H8NO5P.C3H9S/c1-5-13-8-6-7-11(2)15(13)17(14(18)9-16)12(3)10-19-4;1-21-14(18)10-7-9(3-4-12(10)17(19)20)22-13-5-2-8(15)6-11(13)16;1-7-6-16-9-5-3-2-4-8(9)14(7)11(15)10(12)13;1-5-11-7-12-6(10)13-8(14-7)15-9(2,3)4;5-3(6)1-4-2-10(7,8)9;1-4(2)3/h6-8,12H,5,9-10H2,1-4H3;2-7H,1H3;2-5,7,10H,6H2,1H3;5H2,1-4H3,(H2,11,12,13,14,15);4H,1-2H2,(H,5,6)(H2,7,8,9);1-3H3/q;;;;;+1/p-1. The molecule has 2 heterocycles. The molecule has 1 aliphatic heterocycles. The molecule has 3 unspecified atom stereocenters. The number of amides is 2. The van der Waals surface area contributed by atoms with Crippen LogP contribution in [-0.4, -0.2) is 148 Å². The average molecular weight is 1360 g/mol. The maximum absolute atomic E-state index is 12.2. The number of halogens is 6. The summed E-state index contributed by atoms with van der Waals surface area (Å²) < 4.78 is 30.7. The topological polar surface area (TPSA) is 310 Å². The number of nitrogens with one attached hydrogen (secondary N) is 3. The molecule has 6 rings (SSSR count). The number of carboxylic acid groups (broad SMARTS) is 1. The molecular weight excluding hydrogens is 1290 g/mol. The lowest BCUT2D eigenvalue weighted by Gasteiger charge is -2.35. The van der Waals surface area contributed by atoms with Crippen LogP contribution in [0.25, 0.3) is 0 Å². The van der Waals surface area contributed by atoms with Crippen LogP contribution in [0.1, 0.15) is 70.0 Å². The lowest BCUT2D eigenvalue weighted by molar-refractivity contribution is -0.385. The Kier molecular flexibility index (Phi) is 36.0. The van der Waals surface area contributed by atoms with Gasteiger partial charge >= 0.3 is 11.9 Å². The highest BCUT2D eigenvalue weighted by Crippen LogP contribution is 2.36. The van der Waals surface area contributed by atoms with Gasteiger partial charge in [-0.1, -0.05) is 83.7 Å². The molecule has 0 fully saturated rings. The average Bonchev–Trinajstić information content (AvgIpc) is 3.21. The minimum atomic E-state index is -4.35. The van der Waals surface area contributed by atoms with E-state index in [2.05, 4.69) is 62.1 Å². The first kappa shape index (κ1) is 78.5. The summed E-state index contributed by atoms with van der Waals surface area (Å²) in [6.07, 6.45) is 6.75. The van der Waals surface area contributed by atoms with Crippen LogP contribution in [0, 0.1) is 17.0 Å². The molecule has 4 aromatic carbocycles. The van der Waals surface area contributed by atoms with E-state index in [-0.39, 0.29) is 62.6 Å². The number of benzene rings is 4. The van der Waals surface area contributed by atoms with Crippen molar-refractivity contribution in [2.75, 3.05) is 91.9 Å². The summed E-state index contributed by atoms with van der Waals surface area (Å²) in [5, 5.41) is 27.9. The van der Waals surface area contributed by atoms with Crippen molar-refractivity contribution in [3.05, 3.63) is 121 Å². The number of hydrogen-bond acceptors (Lipinski definition) is 18. The third-order valence-corrected chi connectivity index (χ3v) is 12.3. The summed E-state index contributed by atoms with van der Waals surface area (Å²) >= 11 is 34.5. The zero-order valence-corrected chi connectivity index (χ0v) is 56.0. The quantitative estimate of drug-likeness (QED) is 0.0136. The Bertz CT molecular complexity index is 3040. The number of carbonyl (C=O) groups is 4. The molecule has 0 bridgehead atoms. The van der Waals surface area contributed by atoms with Gasteiger partial charge in [0.05, 0.1) is 78.7 Å². The molecule has 5 aromatic rings. The molecule has 3 atom stereocenters. The maximum atomic E-state index is 12.2. The number of anilines is 4. The van der Waals surface area contributed by atoms with E-state index >= 15 is 0 Å². The molecule has 1 aliphatic rings. The van der Waals surface area contributed by atoms with E-state index in [9.17, 15) is 38.8 Å². The third kappa shape index (κ3) is 29.5. The van der Waals surface area contributed by atoms with Crippen molar-refractivity contribution in [1.29, 1.82) is 0 Å². The molecule has 0 aliphatic carbocycles. The number of methoxy groups -OCH3 is 2. The fourth-order valence-corrected chi connectivity index (χ4v) is 8.38. The number of ether oxygens (including phenoxy) is 4. The number of esters is 1. The predicted molar refractivity (Wildman–Crippen MR) is 343 cm³/mol. The summed E-state index contributed by atoms with van der Waals surface area (Å²) in [7, 11) is -0.936. The number of nitro benzene ring substituents is 1. The van der Waals surface area contributed by atoms with Crippen molar-refractivity contribution < 1.29 is 62.5 Å². The Morgan fingerprint density at radius 2 is 1.59 bits per heavy atom. The van der Waals surface area contributed by atoms with E-state index in [1.165, 1.54) is 18.2 Å². The zero-order chi connectivity index (χ0) is 65.6. The van der Waals surface area contributed by atoms with Gasteiger partial charge in [-0.25, -0.2) is 4.79 Å². The number of aromatic nitrogens is 3. The SMILES string of the molecule is CC1COc2ccccc2N1C(=O)C(Cl)Cl.CCNc1nc(Cl)nc(NC(C)(C)C)n1.CCc1cccc(C)c1N(C(=O)CCl)C(C)COC.COC(=O)c1cc(Oc2ccc(Cl)cc2Cl)ccc1[N+](=O)[O-].C[S+](C)C.O=C(O)CNCP(=O)([O-])O. The molecule has 0 radical (unpaired) electrons. The van der Waals surface area contributed by atoms with E-state index in [4.69, 9.17) is 93.8 Å². The minimum absolute atomic E-state index is 0.0223. The maximum Gasteiger partial charge on any atom is 0.345 e. The zero-order valence-electron chi connectivity index (χ0n) is 49.8. The summed E-state index contributed by atoms with van der Waals surface area (Å²) in [4.78, 5) is 88.1. The highest BCUT2D eigenvalue weighted by molar-refractivity contribution is 7.94. The van der Waals surface area contributed by atoms with Crippen LogP contribution >= 0.6 is 77.2 Å². The lowest BCUT2D eigenvalue weighted by Crippen LogP contribution is -2.47. The van der Waals surface area contributed by atoms with Crippen LogP contribution in [0.5, 0.6) is 17.2 Å². The van der Waals surface area contributed by atoms with E-state index in [0.717, 1.165) is 48.6 Å². The molecule has 0 saturated heterocycles. The van der Waals surface area contributed by atoms with Gasteiger partial charge in [0.1, 0.15) is 42.9 Å². The van der Waals surface area contributed by atoms with Crippen molar-refractivity contribution in [3.8, 4) is 17.2 Å². The molecule has 476 valence electrons. The van der Waals surface area contributed by atoms with Gasteiger partial charge in [0, 0.05) is 36.3 Å². The number of nitro groups is 1. The van der Waals surface area contributed by atoms with Crippen molar-refractivity contribution >= 4 is 141 Å². The van der Waals surface area contributed by atoms with Gasteiger partial charge in [0.25, 0.3) is 11.6 Å². The molecule has 86 heavy (non-hydrogen) atoms. The first-order chi connectivity index (χ1) is 40.1. The third-order valence-electron chi connectivity index (χ3n) is 10.4. The molecular formula is C55H74Cl6N9O14PS. The summed E-state index contributed by atoms with van der Waals surface area (Å²) in [6.45, 7) is 17.2. The largest absolute Gasteiger partial charge is 0.778 e. The Morgan fingerprint density at radius 3 is 2.12 bits per heavy atom. The van der Waals surface area contributed by atoms with Crippen molar-refractivity contribution in [3.63, 3.8) is 0 Å². The second-order valence-electron chi connectivity index (χ2n) is 19.4. The van der Waals surface area contributed by atoms with Gasteiger partial charge in [-0.05, 0) is 125 Å². The molecule has 0 saturated carbocycles. The van der Waals surface area contributed by atoms with Gasteiger partial charge in [-0.2, -0.15) is 15.0 Å². The first-order valence-corrected chi connectivity index (χ1v) is 32.6. The predicted octanol–water partition coefficient (Wildman–Crippen LogP) is 11.1. The highest BCUT2D eigenvalue weighted by Gasteiger charge is 2.32. The number of carbonyl (C=O) groups excluding carboxylic acids is 3. The number of alkyl halides is 3. The Balaban J connectivity index is 0.000000538. The van der Waals surface area contributed by atoms with Gasteiger partial charge in [0.15, 0.2) is 4.84 Å². The van der Waals surface area contributed by atoms with E-state index in [1.807, 2.05) is 90.2 Å². The van der Waals surface area contributed by atoms with Crippen molar-refractivity contribution in [2.24, 2.45) is 0 Å². The second-order valence-corrected chi connectivity index (χ2v) is 26.0. The molecule has 23 nitrogen and oxygen atoms in total.